The molecule has 18 heavy (non-hydrogen) atoms. The number of piperidine rings is 1. The maximum absolute atomic E-state index is 8.80. The quantitative estimate of drug-likeness (QED) is 0.806. The monoisotopic (exact) mass is 243 g/mol. The molecule has 1 fully saturated rings. The molecule has 1 unspecified atom stereocenters. The first kappa shape index (κ1) is 13.1. The van der Waals surface area contributed by atoms with E-state index in [1.165, 1.54) is 31.4 Å². The van der Waals surface area contributed by atoms with Gasteiger partial charge in [-0.05, 0) is 37.9 Å². The van der Waals surface area contributed by atoms with Crippen molar-refractivity contribution in [2.45, 2.75) is 38.8 Å². The first-order chi connectivity index (χ1) is 8.81. The van der Waals surface area contributed by atoms with Gasteiger partial charge in [-0.1, -0.05) is 36.5 Å². The second kappa shape index (κ2) is 6.58. The molecule has 96 valence electrons. The van der Waals surface area contributed by atoms with E-state index in [2.05, 4.69) is 35.8 Å². The maximum Gasteiger partial charge on any atom is 0.104 e. The lowest BCUT2D eigenvalue weighted by Crippen LogP contribution is -2.36. The first-order valence-corrected chi connectivity index (χ1v) is 6.73. The van der Waals surface area contributed by atoms with Gasteiger partial charge in [0.15, 0.2) is 0 Å². The van der Waals surface area contributed by atoms with E-state index in [0.717, 1.165) is 12.1 Å². The van der Waals surface area contributed by atoms with Crippen LogP contribution in [-0.2, 0) is 6.54 Å². The van der Waals surface area contributed by atoms with E-state index < -0.39 is 0 Å². The average Bonchev–Trinajstić information content (AvgIpc) is 2.40. The van der Waals surface area contributed by atoms with Gasteiger partial charge in [0, 0.05) is 18.2 Å². The van der Waals surface area contributed by atoms with Crippen molar-refractivity contribution in [1.82, 2.24) is 4.90 Å². The molecule has 1 aliphatic rings. The van der Waals surface area contributed by atoms with Gasteiger partial charge >= 0.3 is 0 Å². The molecule has 0 radical (unpaired) electrons. The van der Waals surface area contributed by atoms with Crippen molar-refractivity contribution >= 4 is 0 Å². The van der Waals surface area contributed by atoms with Crippen molar-refractivity contribution in [1.29, 1.82) is 0 Å². The Kier molecular flexibility index (Phi) is 4.81. The van der Waals surface area contributed by atoms with Gasteiger partial charge in [0.1, 0.15) is 6.61 Å². The highest BCUT2D eigenvalue weighted by atomic mass is 16.2. The molecule has 0 spiro atoms. The number of nitrogens with zero attached hydrogens (tertiary/aromatic N) is 1. The highest BCUT2D eigenvalue weighted by Crippen LogP contribution is 2.20. The van der Waals surface area contributed by atoms with E-state index in [-0.39, 0.29) is 6.61 Å². The van der Waals surface area contributed by atoms with Crippen LogP contribution < -0.4 is 0 Å². The third kappa shape index (κ3) is 3.35. The van der Waals surface area contributed by atoms with Gasteiger partial charge in [-0.15, -0.1) is 0 Å². The molecule has 1 saturated heterocycles. The zero-order chi connectivity index (χ0) is 12.8. The normalized spacial score (nSPS) is 20.2. The molecule has 2 nitrogen and oxygen atoms in total. The van der Waals surface area contributed by atoms with Crippen molar-refractivity contribution in [3.63, 3.8) is 0 Å². The van der Waals surface area contributed by atoms with Gasteiger partial charge in [0.25, 0.3) is 0 Å². The van der Waals surface area contributed by atoms with Crippen LogP contribution >= 0.6 is 0 Å². The van der Waals surface area contributed by atoms with Crippen LogP contribution in [0.1, 0.15) is 37.3 Å². The average molecular weight is 243 g/mol. The van der Waals surface area contributed by atoms with E-state index >= 15 is 0 Å². The second-order valence-electron chi connectivity index (χ2n) is 4.93. The number of benzene rings is 1. The summed E-state index contributed by atoms with van der Waals surface area (Å²) in [4.78, 5) is 2.53. The molecule has 1 aromatic carbocycles. The summed E-state index contributed by atoms with van der Waals surface area (Å²) in [6, 6.07) is 8.91. The summed E-state index contributed by atoms with van der Waals surface area (Å²) in [5.41, 5.74) is 2.32. The summed E-state index contributed by atoms with van der Waals surface area (Å²) < 4.78 is 0. The Morgan fingerprint density at radius 2 is 2.17 bits per heavy atom. The molecule has 1 N–H and O–H groups in total. The number of rotatable bonds is 2. The minimum absolute atomic E-state index is 0.0749. The summed E-state index contributed by atoms with van der Waals surface area (Å²) in [5, 5.41) is 8.80. The van der Waals surface area contributed by atoms with Crippen molar-refractivity contribution < 1.29 is 5.11 Å². The molecule has 1 aromatic rings. The maximum atomic E-state index is 8.80. The number of likely N-dealkylation sites (tertiary alicyclic amines) is 1. The van der Waals surface area contributed by atoms with E-state index in [1.807, 2.05) is 12.1 Å². The SMILES string of the molecule is CC1CCCCN1Cc1ccccc1C#CCO. The van der Waals surface area contributed by atoms with E-state index in [0.29, 0.717) is 6.04 Å². The molecule has 0 aromatic heterocycles. The molecule has 0 saturated carbocycles. The van der Waals surface area contributed by atoms with Gasteiger partial charge in [-0.2, -0.15) is 0 Å². The van der Waals surface area contributed by atoms with Gasteiger partial charge in [-0.25, -0.2) is 0 Å². The summed E-state index contributed by atoms with van der Waals surface area (Å²) in [6.07, 6.45) is 3.95. The Bertz CT molecular complexity index is 444. The number of hydrogen-bond donors (Lipinski definition) is 1. The molecular formula is C16H21NO. The van der Waals surface area contributed by atoms with Crippen LogP contribution in [0.15, 0.2) is 24.3 Å². The van der Waals surface area contributed by atoms with Crippen LogP contribution in [-0.4, -0.2) is 29.2 Å². The van der Waals surface area contributed by atoms with Gasteiger partial charge in [-0.3, -0.25) is 4.90 Å². The highest BCUT2D eigenvalue weighted by molar-refractivity contribution is 5.41. The molecule has 1 aliphatic heterocycles. The van der Waals surface area contributed by atoms with Gasteiger partial charge in [0.05, 0.1) is 0 Å². The minimum atomic E-state index is -0.0749. The van der Waals surface area contributed by atoms with Crippen LogP contribution in [0, 0.1) is 11.8 Å². The Hall–Kier alpha value is -1.30. The number of aliphatic hydroxyl groups is 1. The van der Waals surface area contributed by atoms with Crippen LogP contribution in [0.5, 0.6) is 0 Å². The fraction of sp³-hybridized carbons (Fsp3) is 0.500. The number of hydrogen-bond acceptors (Lipinski definition) is 2. The Morgan fingerprint density at radius 3 is 2.94 bits per heavy atom. The standard InChI is InChI=1S/C16H21NO/c1-14-7-4-5-11-17(14)13-16-9-3-2-8-15(16)10-6-12-18/h2-3,8-9,14,18H,4-5,7,11-13H2,1H3. The Labute approximate surface area is 110 Å². The Balaban J connectivity index is 2.12. The molecule has 2 heteroatoms. The van der Waals surface area contributed by atoms with Gasteiger partial charge < -0.3 is 5.11 Å². The summed E-state index contributed by atoms with van der Waals surface area (Å²) >= 11 is 0. The predicted molar refractivity (Wildman–Crippen MR) is 74.1 cm³/mol. The fourth-order valence-corrected chi connectivity index (χ4v) is 2.53. The van der Waals surface area contributed by atoms with Crippen LogP contribution in [0.25, 0.3) is 0 Å². The summed E-state index contributed by atoms with van der Waals surface area (Å²) in [6.45, 7) is 4.38. The molecule has 0 aliphatic carbocycles. The lowest BCUT2D eigenvalue weighted by molar-refractivity contribution is 0.152. The summed E-state index contributed by atoms with van der Waals surface area (Å²) in [5.74, 6) is 5.78. The van der Waals surface area contributed by atoms with E-state index in [1.54, 1.807) is 0 Å². The van der Waals surface area contributed by atoms with Gasteiger partial charge in [0.2, 0.25) is 0 Å². The molecular weight excluding hydrogens is 222 g/mol. The number of aliphatic hydroxyl groups excluding tert-OH is 1. The summed E-state index contributed by atoms with van der Waals surface area (Å²) in [7, 11) is 0. The smallest absolute Gasteiger partial charge is 0.104 e. The predicted octanol–water partition coefficient (Wildman–Crippen LogP) is 2.40. The third-order valence-electron chi connectivity index (χ3n) is 3.63. The van der Waals surface area contributed by atoms with Crippen molar-refractivity contribution in [3.8, 4) is 11.8 Å². The van der Waals surface area contributed by atoms with E-state index in [4.69, 9.17) is 5.11 Å². The Morgan fingerprint density at radius 1 is 1.33 bits per heavy atom. The van der Waals surface area contributed by atoms with Crippen molar-refractivity contribution in [3.05, 3.63) is 35.4 Å². The largest absolute Gasteiger partial charge is 0.384 e. The molecule has 1 atom stereocenters. The van der Waals surface area contributed by atoms with Crippen LogP contribution in [0.3, 0.4) is 0 Å². The zero-order valence-electron chi connectivity index (χ0n) is 11.0. The topological polar surface area (TPSA) is 23.5 Å². The first-order valence-electron chi connectivity index (χ1n) is 6.73. The molecule has 2 rings (SSSR count). The van der Waals surface area contributed by atoms with Crippen molar-refractivity contribution in [2.24, 2.45) is 0 Å². The second-order valence-corrected chi connectivity index (χ2v) is 4.93. The van der Waals surface area contributed by atoms with Crippen molar-refractivity contribution in [2.75, 3.05) is 13.2 Å². The third-order valence-corrected chi connectivity index (χ3v) is 3.63. The highest BCUT2D eigenvalue weighted by Gasteiger charge is 2.18. The van der Waals surface area contributed by atoms with Crippen LogP contribution in [0.2, 0.25) is 0 Å². The fourth-order valence-electron chi connectivity index (χ4n) is 2.53. The molecule has 0 bridgehead atoms. The zero-order valence-corrected chi connectivity index (χ0v) is 11.0. The van der Waals surface area contributed by atoms with Crippen LogP contribution in [0.4, 0.5) is 0 Å². The lowest BCUT2D eigenvalue weighted by Gasteiger charge is -2.33. The molecule has 1 heterocycles. The lowest BCUT2D eigenvalue weighted by atomic mass is 10.0. The molecule has 0 amide bonds. The minimum Gasteiger partial charge on any atom is -0.384 e. The van der Waals surface area contributed by atoms with E-state index in [9.17, 15) is 0 Å².